The molecule has 1 aromatic carbocycles. The zero-order valence-corrected chi connectivity index (χ0v) is 7.89. The van der Waals surface area contributed by atoms with Gasteiger partial charge < -0.3 is 0 Å². The van der Waals surface area contributed by atoms with Crippen LogP contribution in [0.1, 0.15) is 26.3 Å². The van der Waals surface area contributed by atoms with Crippen molar-refractivity contribution in [2.75, 3.05) is 0 Å². The van der Waals surface area contributed by atoms with Crippen LogP contribution in [0.25, 0.3) is 0 Å². The van der Waals surface area contributed by atoms with E-state index in [1.807, 2.05) is 0 Å². The molecular formula is C9H4ClF3O2. The summed E-state index contributed by atoms with van der Waals surface area (Å²) in [5.74, 6) is 0. The Morgan fingerprint density at radius 1 is 1.13 bits per heavy atom. The molecule has 80 valence electrons. The number of aldehydes is 2. The van der Waals surface area contributed by atoms with Crippen LogP contribution in [0.2, 0.25) is 5.02 Å². The molecular weight excluding hydrogens is 233 g/mol. The van der Waals surface area contributed by atoms with E-state index in [4.69, 9.17) is 11.6 Å². The van der Waals surface area contributed by atoms with Gasteiger partial charge in [0.15, 0.2) is 12.6 Å². The molecule has 15 heavy (non-hydrogen) atoms. The summed E-state index contributed by atoms with van der Waals surface area (Å²) in [6.45, 7) is 0. The standard InChI is InChI=1S/C9H4ClF3O2/c10-6-1-5(3-14)7(4-15)8(2-6)9(11,12)13/h1-4H. The van der Waals surface area contributed by atoms with E-state index in [0.717, 1.165) is 6.07 Å². The van der Waals surface area contributed by atoms with Crippen molar-refractivity contribution in [1.29, 1.82) is 0 Å². The Bertz CT molecular complexity index is 413. The molecule has 0 aromatic heterocycles. The predicted molar refractivity (Wildman–Crippen MR) is 47.2 cm³/mol. The van der Waals surface area contributed by atoms with Gasteiger partial charge in [-0.25, -0.2) is 0 Å². The lowest BCUT2D eigenvalue weighted by atomic mass is 10.0. The summed E-state index contributed by atoms with van der Waals surface area (Å²) in [6, 6.07) is 1.62. The average molecular weight is 237 g/mol. The normalized spacial score (nSPS) is 11.2. The average Bonchev–Trinajstić information content (AvgIpc) is 2.15. The monoisotopic (exact) mass is 236 g/mol. The van der Waals surface area contributed by atoms with Gasteiger partial charge in [0.2, 0.25) is 0 Å². The molecule has 0 saturated heterocycles. The molecule has 0 atom stereocenters. The first-order valence-corrected chi connectivity index (χ1v) is 4.09. The molecule has 0 fully saturated rings. The molecule has 0 heterocycles. The van der Waals surface area contributed by atoms with Crippen LogP contribution in [0.5, 0.6) is 0 Å². The molecule has 1 aromatic rings. The van der Waals surface area contributed by atoms with Gasteiger partial charge in [-0.15, -0.1) is 0 Å². The number of benzene rings is 1. The molecule has 0 N–H and O–H groups in total. The first-order valence-electron chi connectivity index (χ1n) is 3.71. The van der Waals surface area contributed by atoms with Crippen LogP contribution in [0, 0.1) is 0 Å². The number of carbonyl (C=O) groups excluding carboxylic acids is 2. The van der Waals surface area contributed by atoms with E-state index < -0.39 is 17.3 Å². The molecule has 6 heteroatoms. The van der Waals surface area contributed by atoms with Crippen LogP contribution in [0.15, 0.2) is 12.1 Å². The van der Waals surface area contributed by atoms with Crippen molar-refractivity contribution >= 4 is 24.2 Å². The van der Waals surface area contributed by atoms with Crippen LogP contribution in [-0.4, -0.2) is 12.6 Å². The number of rotatable bonds is 2. The van der Waals surface area contributed by atoms with Gasteiger partial charge in [-0.05, 0) is 12.1 Å². The second kappa shape index (κ2) is 4.02. The Hall–Kier alpha value is -1.36. The first kappa shape index (κ1) is 11.7. The van der Waals surface area contributed by atoms with E-state index >= 15 is 0 Å². The highest BCUT2D eigenvalue weighted by Gasteiger charge is 2.34. The zero-order valence-electron chi connectivity index (χ0n) is 7.14. The number of carbonyl (C=O) groups is 2. The lowest BCUT2D eigenvalue weighted by Gasteiger charge is -2.11. The minimum atomic E-state index is -4.71. The Balaban J connectivity index is 3.56. The zero-order chi connectivity index (χ0) is 11.6. The highest BCUT2D eigenvalue weighted by Crippen LogP contribution is 2.34. The maximum Gasteiger partial charge on any atom is 0.417 e. The molecule has 0 bridgehead atoms. The van der Waals surface area contributed by atoms with Gasteiger partial charge in [-0.2, -0.15) is 13.2 Å². The summed E-state index contributed by atoms with van der Waals surface area (Å²) in [6.07, 6.45) is -4.56. The molecule has 0 unspecified atom stereocenters. The van der Waals surface area contributed by atoms with Crippen molar-refractivity contribution < 1.29 is 22.8 Å². The van der Waals surface area contributed by atoms with E-state index in [-0.39, 0.29) is 23.2 Å². The third-order valence-corrected chi connectivity index (χ3v) is 1.95. The predicted octanol–water partition coefficient (Wildman–Crippen LogP) is 2.98. The fourth-order valence-corrected chi connectivity index (χ4v) is 1.33. The minimum Gasteiger partial charge on any atom is -0.298 e. The fourth-order valence-electron chi connectivity index (χ4n) is 1.10. The molecule has 2 nitrogen and oxygen atoms in total. The van der Waals surface area contributed by atoms with E-state index in [9.17, 15) is 22.8 Å². The van der Waals surface area contributed by atoms with Gasteiger partial charge >= 0.3 is 6.18 Å². The van der Waals surface area contributed by atoms with Crippen LogP contribution in [0.4, 0.5) is 13.2 Å². The topological polar surface area (TPSA) is 34.1 Å². The highest BCUT2D eigenvalue weighted by molar-refractivity contribution is 6.31. The van der Waals surface area contributed by atoms with Gasteiger partial charge in [-0.3, -0.25) is 9.59 Å². The van der Waals surface area contributed by atoms with Gasteiger partial charge in [0.1, 0.15) is 0 Å². The van der Waals surface area contributed by atoms with Crippen LogP contribution >= 0.6 is 11.6 Å². The van der Waals surface area contributed by atoms with E-state index in [2.05, 4.69) is 0 Å². The lowest BCUT2D eigenvalue weighted by molar-refractivity contribution is -0.137. The fraction of sp³-hybridized carbons (Fsp3) is 0.111. The third-order valence-electron chi connectivity index (χ3n) is 1.73. The Morgan fingerprint density at radius 2 is 1.73 bits per heavy atom. The van der Waals surface area contributed by atoms with Crippen molar-refractivity contribution in [3.63, 3.8) is 0 Å². The van der Waals surface area contributed by atoms with Gasteiger partial charge in [0.05, 0.1) is 5.56 Å². The second-order valence-corrected chi connectivity index (χ2v) is 3.13. The van der Waals surface area contributed by atoms with Crippen LogP contribution in [0.3, 0.4) is 0 Å². The number of halogens is 4. The Labute approximate surface area is 87.6 Å². The summed E-state index contributed by atoms with van der Waals surface area (Å²) in [7, 11) is 0. The third kappa shape index (κ3) is 2.36. The van der Waals surface area contributed by atoms with Gasteiger partial charge in [-0.1, -0.05) is 11.6 Å². The van der Waals surface area contributed by atoms with Crippen molar-refractivity contribution in [2.45, 2.75) is 6.18 Å². The molecule has 0 radical (unpaired) electrons. The maximum absolute atomic E-state index is 12.4. The Morgan fingerprint density at radius 3 is 2.13 bits per heavy atom. The second-order valence-electron chi connectivity index (χ2n) is 2.69. The number of hydrogen-bond donors (Lipinski definition) is 0. The quantitative estimate of drug-likeness (QED) is 0.740. The largest absolute Gasteiger partial charge is 0.417 e. The minimum absolute atomic E-state index is 0.0110. The summed E-state index contributed by atoms with van der Waals surface area (Å²) < 4.78 is 37.2. The van der Waals surface area contributed by atoms with Crippen molar-refractivity contribution in [1.82, 2.24) is 0 Å². The molecule has 0 spiro atoms. The van der Waals surface area contributed by atoms with E-state index in [0.29, 0.717) is 6.07 Å². The molecule has 0 saturated carbocycles. The molecule has 0 aliphatic rings. The Kier molecular flexibility index (Phi) is 3.14. The van der Waals surface area contributed by atoms with E-state index in [1.165, 1.54) is 0 Å². The highest BCUT2D eigenvalue weighted by atomic mass is 35.5. The van der Waals surface area contributed by atoms with Crippen molar-refractivity contribution in [2.24, 2.45) is 0 Å². The van der Waals surface area contributed by atoms with E-state index in [1.54, 1.807) is 0 Å². The van der Waals surface area contributed by atoms with Gasteiger partial charge in [0.25, 0.3) is 0 Å². The van der Waals surface area contributed by atoms with Crippen molar-refractivity contribution in [3.05, 3.63) is 33.8 Å². The molecule has 0 amide bonds. The molecule has 0 aliphatic carbocycles. The molecule has 0 aliphatic heterocycles. The summed E-state index contributed by atoms with van der Waals surface area (Å²) >= 11 is 5.39. The smallest absolute Gasteiger partial charge is 0.298 e. The summed E-state index contributed by atoms with van der Waals surface area (Å²) in [5, 5.41) is -0.241. The lowest BCUT2D eigenvalue weighted by Crippen LogP contribution is -2.11. The first-order chi connectivity index (χ1) is 6.90. The van der Waals surface area contributed by atoms with Crippen LogP contribution in [-0.2, 0) is 6.18 Å². The van der Waals surface area contributed by atoms with Crippen LogP contribution < -0.4 is 0 Å². The maximum atomic E-state index is 12.4. The number of alkyl halides is 3. The van der Waals surface area contributed by atoms with Gasteiger partial charge in [0, 0.05) is 16.1 Å². The summed E-state index contributed by atoms with van der Waals surface area (Å²) in [5.41, 5.74) is -2.26. The summed E-state index contributed by atoms with van der Waals surface area (Å²) in [4.78, 5) is 20.9. The number of hydrogen-bond acceptors (Lipinski definition) is 2. The molecule has 1 rings (SSSR count). The van der Waals surface area contributed by atoms with Crippen molar-refractivity contribution in [3.8, 4) is 0 Å². The SMILES string of the molecule is O=Cc1cc(Cl)cc(C(F)(F)F)c1C=O.